The Hall–Kier alpha value is -2.22. The Kier molecular flexibility index (Phi) is 9.02. The van der Waals surface area contributed by atoms with Gasteiger partial charge in [0.2, 0.25) is 0 Å². The summed E-state index contributed by atoms with van der Waals surface area (Å²) in [6, 6.07) is 5.85. The third-order valence-electron chi connectivity index (χ3n) is 5.15. The van der Waals surface area contributed by atoms with E-state index >= 15 is 0 Å². The van der Waals surface area contributed by atoms with Crippen molar-refractivity contribution in [2.24, 2.45) is 0 Å². The number of imide groups is 1. The zero-order valence-electron chi connectivity index (χ0n) is 19.0. The van der Waals surface area contributed by atoms with Gasteiger partial charge in [-0.05, 0) is 44.4 Å². The van der Waals surface area contributed by atoms with Gasteiger partial charge in [0.1, 0.15) is 5.70 Å². The SMILES string of the molecule is COCCN(CCOC)C1=C(c2ccc(C)c(C)c2)C(=O)N(CCOC(C)C)C1=O. The van der Waals surface area contributed by atoms with Crippen LogP contribution >= 0.6 is 0 Å². The Labute approximate surface area is 179 Å². The highest BCUT2D eigenvalue weighted by Gasteiger charge is 2.41. The molecule has 7 nitrogen and oxygen atoms in total. The lowest BCUT2D eigenvalue weighted by Gasteiger charge is -2.25. The largest absolute Gasteiger partial charge is 0.383 e. The van der Waals surface area contributed by atoms with Crippen molar-refractivity contribution >= 4 is 17.4 Å². The van der Waals surface area contributed by atoms with Crippen molar-refractivity contribution in [2.45, 2.75) is 33.8 Å². The summed E-state index contributed by atoms with van der Waals surface area (Å²) in [6.07, 6.45) is 0.0318. The standard InChI is InChI=1S/C23H34N2O5/c1-16(2)30-14-11-25-22(26)20(19-8-7-17(3)18(4)15-19)21(23(25)27)24(9-12-28-5)10-13-29-6/h7-8,15-16H,9-14H2,1-6H3. The Bertz CT molecular complexity index is 780. The first-order chi connectivity index (χ1) is 14.3. The van der Waals surface area contributed by atoms with Crippen LogP contribution in [0.25, 0.3) is 5.57 Å². The van der Waals surface area contributed by atoms with E-state index in [4.69, 9.17) is 14.2 Å². The van der Waals surface area contributed by atoms with Crippen LogP contribution in [0.1, 0.15) is 30.5 Å². The van der Waals surface area contributed by atoms with Gasteiger partial charge >= 0.3 is 0 Å². The number of rotatable bonds is 12. The molecule has 1 aromatic rings. The number of aryl methyl sites for hydroxylation is 2. The molecule has 2 rings (SSSR count). The lowest BCUT2D eigenvalue weighted by molar-refractivity contribution is -0.138. The quantitative estimate of drug-likeness (QED) is 0.486. The number of hydrogen-bond donors (Lipinski definition) is 0. The summed E-state index contributed by atoms with van der Waals surface area (Å²) in [7, 11) is 3.23. The van der Waals surface area contributed by atoms with Crippen LogP contribution in [0.4, 0.5) is 0 Å². The molecule has 1 aliphatic rings. The molecule has 0 aliphatic carbocycles. The minimum Gasteiger partial charge on any atom is -0.383 e. The van der Waals surface area contributed by atoms with Crippen molar-refractivity contribution in [3.8, 4) is 0 Å². The summed E-state index contributed by atoms with van der Waals surface area (Å²) in [5.74, 6) is -0.585. The molecule has 0 radical (unpaired) electrons. The number of hydrogen-bond acceptors (Lipinski definition) is 6. The van der Waals surface area contributed by atoms with E-state index in [-0.39, 0.29) is 24.5 Å². The van der Waals surface area contributed by atoms with Crippen LogP contribution in [-0.2, 0) is 23.8 Å². The molecular weight excluding hydrogens is 384 g/mol. The molecule has 166 valence electrons. The fraction of sp³-hybridized carbons (Fsp3) is 0.565. The van der Waals surface area contributed by atoms with E-state index in [1.54, 1.807) is 14.2 Å². The predicted molar refractivity (Wildman–Crippen MR) is 116 cm³/mol. The number of carbonyl (C=O) groups is 2. The van der Waals surface area contributed by atoms with Gasteiger partial charge in [0.15, 0.2) is 0 Å². The Morgan fingerprint density at radius 3 is 2.10 bits per heavy atom. The number of ether oxygens (including phenoxy) is 3. The predicted octanol–water partition coefficient (Wildman–Crippen LogP) is 2.40. The number of nitrogens with zero attached hydrogens (tertiary/aromatic N) is 2. The fourth-order valence-corrected chi connectivity index (χ4v) is 3.33. The van der Waals surface area contributed by atoms with Crippen LogP contribution in [0.15, 0.2) is 23.9 Å². The number of carbonyl (C=O) groups excluding carboxylic acids is 2. The molecule has 0 spiro atoms. The molecular formula is C23H34N2O5. The monoisotopic (exact) mass is 418 g/mol. The molecule has 0 atom stereocenters. The van der Waals surface area contributed by atoms with Gasteiger partial charge in [0, 0.05) is 27.3 Å². The zero-order chi connectivity index (χ0) is 22.3. The van der Waals surface area contributed by atoms with Gasteiger partial charge in [-0.1, -0.05) is 18.2 Å². The van der Waals surface area contributed by atoms with Crippen molar-refractivity contribution in [1.82, 2.24) is 9.80 Å². The van der Waals surface area contributed by atoms with Crippen LogP contribution in [0, 0.1) is 13.8 Å². The smallest absolute Gasteiger partial charge is 0.277 e. The number of amides is 2. The lowest BCUT2D eigenvalue weighted by atomic mass is 9.99. The molecule has 1 aromatic carbocycles. The third-order valence-corrected chi connectivity index (χ3v) is 5.15. The van der Waals surface area contributed by atoms with Crippen LogP contribution in [0.2, 0.25) is 0 Å². The van der Waals surface area contributed by atoms with Gasteiger partial charge in [-0.2, -0.15) is 0 Å². The Balaban J connectivity index is 2.47. The van der Waals surface area contributed by atoms with Gasteiger partial charge in [-0.25, -0.2) is 0 Å². The van der Waals surface area contributed by atoms with E-state index < -0.39 is 0 Å². The molecule has 1 heterocycles. The molecule has 0 saturated carbocycles. The normalized spacial score (nSPS) is 14.4. The lowest BCUT2D eigenvalue weighted by Crippen LogP contribution is -2.39. The van der Waals surface area contributed by atoms with E-state index in [9.17, 15) is 9.59 Å². The van der Waals surface area contributed by atoms with Gasteiger partial charge < -0.3 is 19.1 Å². The third kappa shape index (κ3) is 5.68. The average Bonchev–Trinajstić information content (AvgIpc) is 2.95. The second-order valence-electron chi connectivity index (χ2n) is 7.68. The zero-order valence-corrected chi connectivity index (χ0v) is 19.0. The van der Waals surface area contributed by atoms with Crippen molar-refractivity contribution in [3.05, 3.63) is 40.6 Å². The van der Waals surface area contributed by atoms with Crippen LogP contribution < -0.4 is 0 Å². The highest BCUT2D eigenvalue weighted by molar-refractivity contribution is 6.35. The second kappa shape index (κ2) is 11.2. The van der Waals surface area contributed by atoms with Gasteiger partial charge in [0.05, 0.1) is 38.0 Å². The molecule has 0 N–H and O–H groups in total. The first kappa shape index (κ1) is 24.1. The topological polar surface area (TPSA) is 68.3 Å². The van der Waals surface area contributed by atoms with E-state index in [0.29, 0.717) is 44.2 Å². The molecule has 0 fully saturated rings. The van der Waals surface area contributed by atoms with Crippen LogP contribution in [-0.4, -0.2) is 81.4 Å². The van der Waals surface area contributed by atoms with Gasteiger partial charge in [0.25, 0.3) is 11.8 Å². The van der Waals surface area contributed by atoms with Crippen molar-refractivity contribution in [2.75, 3.05) is 53.7 Å². The van der Waals surface area contributed by atoms with Crippen molar-refractivity contribution in [1.29, 1.82) is 0 Å². The van der Waals surface area contributed by atoms with Crippen LogP contribution in [0.5, 0.6) is 0 Å². The average molecular weight is 419 g/mol. The molecule has 1 aliphatic heterocycles. The van der Waals surface area contributed by atoms with Crippen molar-refractivity contribution in [3.63, 3.8) is 0 Å². The van der Waals surface area contributed by atoms with Crippen LogP contribution in [0.3, 0.4) is 0 Å². The van der Waals surface area contributed by atoms with E-state index in [0.717, 1.165) is 16.7 Å². The number of benzene rings is 1. The van der Waals surface area contributed by atoms with E-state index in [1.165, 1.54) is 4.90 Å². The summed E-state index contributed by atoms with van der Waals surface area (Å²) in [4.78, 5) is 29.9. The first-order valence-corrected chi connectivity index (χ1v) is 10.3. The van der Waals surface area contributed by atoms with E-state index in [2.05, 4.69) is 0 Å². The highest BCUT2D eigenvalue weighted by atomic mass is 16.5. The maximum absolute atomic E-state index is 13.4. The maximum atomic E-state index is 13.4. The van der Waals surface area contributed by atoms with Gasteiger partial charge in [-0.15, -0.1) is 0 Å². The molecule has 7 heteroatoms. The first-order valence-electron chi connectivity index (χ1n) is 10.3. The molecule has 30 heavy (non-hydrogen) atoms. The highest BCUT2D eigenvalue weighted by Crippen LogP contribution is 2.32. The van der Waals surface area contributed by atoms with Gasteiger partial charge in [-0.3, -0.25) is 14.5 Å². The minimum atomic E-state index is -0.298. The molecule has 0 aromatic heterocycles. The minimum absolute atomic E-state index is 0.0318. The molecule has 0 saturated heterocycles. The molecule has 0 bridgehead atoms. The summed E-state index contributed by atoms with van der Waals surface area (Å²) >= 11 is 0. The molecule has 0 unspecified atom stereocenters. The summed E-state index contributed by atoms with van der Waals surface area (Å²) in [5.41, 5.74) is 3.79. The maximum Gasteiger partial charge on any atom is 0.277 e. The summed E-state index contributed by atoms with van der Waals surface area (Å²) in [5, 5.41) is 0. The van der Waals surface area contributed by atoms with E-state index in [1.807, 2.05) is 50.8 Å². The Morgan fingerprint density at radius 2 is 1.57 bits per heavy atom. The van der Waals surface area contributed by atoms with Crippen molar-refractivity contribution < 1.29 is 23.8 Å². The summed E-state index contributed by atoms with van der Waals surface area (Å²) in [6.45, 7) is 10.2. The molecule has 2 amide bonds. The summed E-state index contributed by atoms with van der Waals surface area (Å²) < 4.78 is 16.0. The number of methoxy groups -OCH3 is 2. The fourth-order valence-electron chi connectivity index (χ4n) is 3.33. The second-order valence-corrected chi connectivity index (χ2v) is 7.68. The Morgan fingerprint density at radius 1 is 0.933 bits per heavy atom.